The maximum Gasteiger partial charge on any atom is 0.491 e. The Bertz CT molecular complexity index is 1470. The summed E-state index contributed by atoms with van der Waals surface area (Å²) in [7, 11) is 0. The van der Waals surface area contributed by atoms with E-state index in [0.717, 1.165) is 0 Å². The van der Waals surface area contributed by atoms with Crippen molar-refractivity contribution < 1.29 is 27.5 Å². The number of nitrogens with two attached hydrogens (primary N) is 1. The van der Waals surface area contributed by atoms with E-state index in [4.69, 9.17) is 5.73 Å². The van der Waals surface area contributed by atoms with E-state index >= 15 is 0 Å². The minimum absolute atomic E-state index is 0.163. The second kappa shape index (κ2) is 9.33. The van der Waals surface area contributed by atoms with E-state index in [2.05, 4.69) is 21.6 Å². The highest BCUT2D eigenvalue weighted by Gasteiger charge is 2.44. The number of esters is 1. The average Bonchev–Trinajstić information content (AvgIpc) is 3.23. The van der Waals surface area contributed by atoms with Crippen molar-refractivity contribution in [3.05, 3.63) is 57.2 Å². The third-order valence-electron chi connectivity index (χ3n) is 5.45. The van der Waals surface area contributed by atoms with Crippen molar-refractivity contribution in [1.29, 1.82) is 0 Å². The maximum atomic E-state index is 13.0. The lowest BCUT2D eigenvalue weighted by Crippen LogP contribution is -2.44. The summed E-state index contributed by atoms with van der Waals surface area (Å²) in [6, 6.07) is 6.76. The van der Waals surface area contributed by atoms with Crippen molar-refractivity contribution in [2.24, 2.45) is 5.73 Å². The Hall–Kier alpha value is -4.40. The number of piperazine rings is 1. The first-order valence-corrected chi connectivity index (χ1v) is 10.6. The van der Waals surface area contributed by atoms with Gasteiger partial charge in [-0.25, -0.2) is 14.2 Å². The van der Waals surface area contributed by atoms with Gasteiger partial charge < -0.3 is 20.7 Å². The van der Waals surface area contributed by atoms with Crippen LogP contribution in [0.2, 0.25) is 0 Å². The molecule has 0 spiro atoms. The molecule has 1 unspecified atom stereocenters. The SMILES string of the molecule is C=Cc1ccccc1-n1c(N2CCNCC2)nc2c1c(=O)[nH]c(=O)n2C(OC(=O)C(F)(F)F)C(N)=O. The number of aromatic nitrogens is 4. The number of aromatic amines is 1. The molecule has 1 aromatic carbocycles. The number of H-pyrrole nitrogens is 1. The Morgan fingerprint density at radius 1 is 1.19 bits per heavy atom. The third kappa shape index (κ3) is 4.35. The van der Waals surface area contributed by atoms with Gasteiger partial charge in [-0.05, 0) is 11.6 Å². The Morgan fingerprint density at radius 2 is 1.86 bits per heavy atom. The summed E-state index contributed by atoms with van der Waals surface area (Å²) in [5.74, 6) is -4.18. The summed E-state index contributed by atoms with van der Waals surface area (Å²) in [6.45, 7) is 5.75. The van der Waals surface area contributed by atoms with E-state index in [-0.39, 0.29) is 11.5 Å². The fourth-order valence-corrected chi connectivity index (χ4v) is 3.87. The smallest absolute Gasteiger partial charge is 0.425 e. The van der Waals surface area contributed by atoms with E-state index in [1.807, 2.05) is 4.98 Å². The van der Waals surface area contributed by atoms with Crippen LogP contribution in [-0.2, 0) is 14.3 Å². The third-order valence-corrected chi connectivity index (χ3v) is 5.45. The van der Waals surface area contributed by atoms with Gasteiger partial charge >= 0.3 is 17.8 Å². The van der Waals surface area contributed by atoms with Gasteiger partial charge in [0, 0.05) is 26.2 Å². The normalized spacial score (nSPS) is 15.0. The Balaban J connectivity index is 2.07. The number of ether oxygens (including phenoxy) is 1. The van der Waals surface area contributed by atoms with E-state index < -0.39 is 41.2 Å². The van der Waals surface area contributed by atoms with Gasteiger partial charge in [0.15, 0.2) is 11.2 Å². The number of para-hydroxylation sites is 1. The van der Waals surface area contributed by atoms with Crippen molar-refractivity contribution >= 4 is 35.1 Å². The van der Waals surface area contributed by atoms with Gasteiger partial charge in [-0.2, -0.15) is 18.2 Å². The van der Waals surface area contributed by atoms with E-state index in [9.17, 15) is 32.3 Å². The number of fused-ring (bicyclic) bond motifs is 1. The zero-order valence-electron chi connectivity index (χ0n) is 18.5. The predicted octanol–water partition coefficient (Wildman–Crippen LogP) is 0.0175. The predicted molar refractivity (Wildman–Crippen MR) is 122 cm³/mol. The van der Waals surface area contributed by atoms with E-state index in [0.29, 0.717) is 42.0 Å². The molecular formula is C21H20F3N7O5. The van der Waals surface area contributed by atoms with Crippen LogP contribution in [0.4, 0.5) is 19.1 Å². The van der Waals surface area contributed by atoms with Gasteiger partial charge in [-0.3, -0.25) is 19.1 Å². The van der Waals surface area contributed by atoms with Crippen molar-refractivity contribution in [2.75, 3.05) is 31.1 Å². The molecule has 1 aliphatic heterocycles. The van der Waals surface area contributed by atoms with E-state index in [1.165, 1.54) is 10.6 Å². The first-order chi connectivity index (χ1) is 17.0. The largest absolute Gasteiger partial charge is 0.491 e. The second-order valence-corrected chi connectivity index (χ2v) is 7.71. The number of primary amides is 1. The highest BCUT2D eigenvalue weighted by Crippen LogP contribution is 2.29. The molecule has 0 aliphatic carbocycles. The number of anilines is 1. The van der Waals surface area contributed by atoms with Gasteiger partial charge in [0.2, 0.25) is 5.95 Å². The van der Waals surface area contributed by atoms with Crippen LogP contribution in [0.15, 0.2) is 40.4 Å². The topological polar surface area (TPSA) is 157 Å². The molecule has 1 saturated heterocycles. The fraction of sp³-hybridized carbons (Fsp3) is 0.286. The molecule has 15 heteroatoms. The monoisotopic (exact) mass is 507 g/mol. The number of nitrogens with one attached hydrogen (secondary N) is 2. The molecule has 2 aromatic heterocycles. The van der Waals surface area contributed by atoms with Gasteiger partial charge in [0.25, 0.3) is 17.7 Å². The fourth-order valence-electron chi connectivity index (χ4n) is 3.87. The second-order valence-electron chi connectivity index (χ2n) is 7.71. The van der Waals surface area contributed by atoms with Crippen LogP contribution in [0.25, 0.3) is 22.9 Å². The summed E-state index contributed by atoms with van der Waals surface area (Å²) < 4.78 is 44.6. The molecule has 4 rings (SSSR count). The standard InChI is InChI=1S/C21H20F3N7O5/c1-2-11-5-3-4-6-12(11)30-13-15(27-19(30)29-9-7-26-8-10-29)31(20(35)28-16(13)33)17(14(25)32)36-18(34)21(22,23)24/h2-6,17,26H,1,7-10H2,(H2,25,32)(H,28,33,35). The molecule has 0 radical (unpaired) electrons. The Kier molecular flexibility index (Phi) is 6.41. The zero-order valence-corrected chi connectivity index (χ0v) is 18.5. The molecule has 1 atom stereocenters. The molecular weight excluding hydrogens is 487 g/mol. The number of amides is 1. The van der Waals surface area contributed by atoms with E-state index in [1.54, 1.807) is 29.2 Å². The van der Waals surface area contributed by atoms with Crippen molar-refractivity contribution in [3.8, 4) is 5.69 Å². The van der Waals surface area contributed by atoms with Crippen LogP contribution in [0.1, 0.15) is 11.8 Å². The molecule has 3 heterocycles. The molecule has 3 aromatic rings. The number of hydrogen-bond donors (Lipinski definition) is 3. The van der Waals surface area contributed by atoms with Crippen molar-refractivity contribution in [3.63, 3.8) is 0 Å². The molecule has 4 N–H and O–H groups in total. The maximum absolute atomic E-state index is 13.0. The minimum atomic E-state index is -5.48. The molecule has 0 bridgehead atoms. The number of benzene rings is 1. The molecule has 1 amide bonds. The van der Waals surface area contributed by atoms with Crippen LogP contribution in [-0.4, -0.2) is 63.3 Å². The van der Waals surface area contributed by atoms with Crippen LogP contribution >= 0.6 is 0 Å². The Morgan fingerprint density at radius 3 is 2.47 bits per heavy atom. The molecule has 190 valence electrons. The lowest BCUT2D eigenvalue weighted by atomic mass is 10.1. The highest BCUT2D eigenvalue weighted by atomic mass is 19.4. The summed E-state index contributed by atoms with van der Waals surface area (Å²) in [4.78, 5) is 57.4. The zero-order chi connectivity index (χ0) is 26.2. The van der Waals surface area contributed by atoms with Gasteiger partial charge in [0.05, 0.1) is 5.69 Å². The summed E-state index contributed by atoms with van der Waals surface area (Å²) in [5, 5.41) is 3.16. The lowest BCUT2D eigenvalue weighted by Gasteiger charge is -2.29. The number of halogens is 3. The van der Waals surface area contributed by atoms with Crippen molar-refractivity contribution in [2.45, 2.75) is 12.4 Å². The number of imidazole rings is 1. The van der Waals surface area contributed by atoms with Gasteiger partial charge in [-0.1, -0.05) is 30.9 Å². The average molecular weight is 507 g/mol. The number of carbonyl (C=O) groups excluding carboxylic acids is 2. The van der Waals surface area contributed by atoms with Crippen LogP contribution in [0.5, 0.6) is 0 Å². The highest BCUT2D eigenvalue weighted by molar-refractivity contribution is 5.85. The van der Waals surface area contributed by atoms with Crippen LogP contribution in [0.3, 0.4) is 0 Å². The molecule has 12 nitrogen and oxygen atoms in total. The first kappa shape index (κ1) is 24.7. The number of rotatable bonds is 6. The number of alkyl halides is 3. The quantitative estimate of drug-likeness (QED) is 0.394. The molecule has 1 fully saturated rings. The minimum Gasteiger partial charge on any atom is -0.425 e. The van der Waals surface area contributed by atoms with Gasteiger partial charge in [0.1, 0.15) is 0 Å². The number of nitrogens with zero attached hydrogens (tertiary/aromatic N) is 4. The molecule has 1 aliphatic rings. The Labute approximate surface area is 199 Å². The summed E-state index contributed by atoms with van der Waals surface area (Å²) in [6.07, 6.45) is -6.50. The molecule has 36 heavy (non-hydrogen) atoms. The van der Waals surface area contributed by atoms with Crippen molar-refractivity contribution in [1.82, 2.24) is 24.4 Å². The van der Waals surface area contributed by atoms with Gasteiger partial charge in [-0.15, -0.1) is 0 Å². The summed E-state index contributed by atoms with van der Waals surface area (Å²) >= 11 is 0. The first-order valence-electron chi connectivity index (χ1n) is 10.6. The van der Waals surface area contributed by atoms with Crippen LogP contribution in [0, 0.1) is 0 Å². The number of hydrogen-bond acceptors (Lipinski definition) is 8. The summed E-state index contributed by atoms with van der Waals surface area (Å²) in [5.41, 5.74) is 3.11. The lowest BCUT2D eigenvalue weighted by molar-refractivity contribution is -0.209. The molecule has 0 saturated carbocycles. The number of carbonyl (C=O) groups is 2. The van der Waals surface area contributed by atoms with Crippen LogP contribution < -0.4 is 27.2 Å².